The average Bonchev–Trinajstić information content (AvgIpc) is 3.16. The van der Waals surface area contributed by atoms with E-state index in [2.05, 4.69) is 37.1 Å². The molecule has 3 aromatic heterocycles. The number of nitrogens with one attached hydrogen (secondary N) is 1. The Morgan fingerprint density at radius 2 is 2.10 bits per heavy atom. The lowest BCUT2D eigenvalue weighted by molar-refractivity contribution is 0.103. The van der Waals surface area contributed by atoms with Gasteiger partial charge in [-0.2, -0.15) is 5.26 Å². The summed E-state index contributed by atoms with van der Waals surface area (Å²) in [6, 6.07) is 6.11. The minimum atomic E-state index is -0.273. The van der Waals surface area contributed by atoms with Gasteiger partial charge in [0.1, 0.15) is 20.8 Å². The van der Waals surface area contributed by atoms with E-state index >= 15 is 0 Å². The van der Waals surface area contributed by atoms with Crippen LogP contribution in [0.15, 0.2) is 12.1 Å². The molecule has 150 valence electrons. The van der Waals surface area contributed by atoms with Gasteiger partial charge in [-0.1, -0.05) is 20.8 Å². The summed E-state index contributed by atoms with van der Waals surface area (Å²) in [5.41, 5.74) is 9.51. The van der Waals surface area contributed by atoms with Crippen molar-refractivity contribution in [1.29, 1.82) is 5.26 Å². The summed E-state index contributed by atoms with van der Waals surface area (Å²) in [7, 11) is 0. The summed E-state index contributed by atoms with van der Waals surface area (Å²) in [6.45, 7) is 8.72. The highest BCUT2D eigenvalue weighted by atomic mass is 32.1. The second-order valence-electron chi connectivity index (χ2n) is 8.73. The number of hydrogen-bond acceptors (Lipinski definition) is 6. The van der Waals surface area contributed by atoms with Gasteiger partial charge in [0.25, 0.3) is 5.91 Å². The first-order valence-electron chi connectivity index (χ1n) is 9.70. The predicted octanol–water partition coefficient (Wildman–Crippen LogP) is 5.52. The van der Waals surface area contributed by atoms with Gasteiger partial charge in [-0.25, -0.2) is 4.98 Å². The van der Waals surface area contributed by atoms with Crippen LogP contribution < -0.4 is 11.1 Å². The van der Waals surface area contributed by atoms with E-state index in [0.29, 0.717) is 27.0 Å². The third-order valence-electron chi connectivity index (χ3n) is 5.77. The summed E-state index contributed by atoms with van der Waals surface area (Å²) >= 11 is 2.83. The Labute approximate surface area is 178 Å². The van der Waals surface area contributed by atoms with Crippen molar-refractivity contribution >= 4 is 49.5 Å². The van der Waals surface area contributed by atoms with Crippen molar-refractivity contribution in [2.45, 2.75) is 47.0 Å². The number of nitrogen functional groups attached to an aromatic ring is 1. The van der Waals surface area contributed by atoms with Crippen molar-refractivity contribution < 1.29 is 4.79 Å². The Morgan fingerprint density at radius 1 is 1.34 bits per heavy atom. The van der Waals surface area contributed by atoms with E-state index in [-0.39, 0.29) is 11.3 Å². The molecule has 0 fully saturated rings. The Bertz CT molecular complexity index is 1160. The molecule has 0 radical (unpaired) electrons. The number of nitrogens with zero attached hydrogens (tertiary/aromatic N) is 2. The molecule has 0 bridgehead atoms. The molecule has 1 aliphatic rings. The summed E-state index contributed by atoms with van der Waals surface area (Å²) in [5, 5.41) is 14.1. The maximum absolute atomic E-state index is 13.0. The molecule has 0 aliphatic heterocycles. The van der Waals surface area contributed by atoms with E-state index in [0.717, 1.165) is 40.7 Å². The van der Waals surface area contributed by atoms with Crippen LogP contribution in [0, 0.1) is 29.6 Å². The normalized spacial score (nSPS) is 16.4. The molecule has 1 unspecified atom stereocenters. The van der Waals surface area contributed by atoms with E-state index in [1.807, 2.05) is 19.1 Å². The molecule has 3 heterocycles. The quantitative estimate of drug-likeness (QED) is 0.566. The molecule has 1 aliphatic carbocycles. The standard InChI is InChI=1S/C22H24N4OS2/c1-11-5-7-14-17(24)18(29-20(14)25-11)19(27)26-21-15(10-23)13-8-6-12(22(2,3)4)9-16(13)28-21/h5,7,12H,6,8-9,24H2,1-4H3,(H,26,27). The number of carbonyl (C=O) groups is 1. The number of carbonyl (C=O) groups excluding carboxylic acids is 1. The van der Waals surface area contributed by atoms with Gasteiger partial charge in [-0.15, -0.1) is 22.7 Å². The fraction of sp³-hybridized carbons (Fsp3) is 0.409. The number of anilines is 2. The number of hydrogen-bond donors (Lipinski definition) is 2. The highest BCUT2D eigenvalue weighted by Gasteiger charge is 2.32. The second-order valence-corrected chi connectivity index (χ2v) is 10.8. The van der Waals surface area contributed by atoms with Crippen molar-refractivity contribution in [3.8, 4) is 6.07 Å². The van der Waals surface area contributed by atoms with Gasteiger partial charge in [0.15, 0.2) is 0 Å². The monoisotopic (exact) mass is 424 g/mol. The van der Waals surface area contributed by atoms with Crippen molar-refractivity contribution in [1.82, 2.24) is 4.98 Å². The summed E-state index contributed by atoms with van der Waals surface area (Å²) in [5.74, 6) is 0.307. The average molecular weight is 425 g/mol. The number of amides is 1. The van der Waals surface area contributed by atoms with E-state index in [1.165, 1.54) is 27.6 Å². The van der Waals surface area contributed by atoms with Crippen molar-refractivity contribution in [2.75, 3.05) is 11.1 Å². The molecule has 29 heavy (non-hydrogen) atoms. The molecule has 7 heteroatoms. The molecule has 1 atom stereocenters. The molecule has 5 nitrogen and oxygen atoms in total. The zero-order chi connectivity index (χ0) is 20.9. The molecule has 0 spiro atoms. The number of fused-ring (bicyclic) bond motifs is 2. The first-order valence-corrected chi connectivity index (χ1v) is 11.3. The zero-order valence-electron chi connectivity index (χ0n) is 17.0. The highest BCUT2D eigenvalue weighted by molar-refractivity contribution is 7.21. The largest absolute Gasteiger partial charge is 0.397 e. The number of pyridine rings is 1. The third kappa shape index (κ3) is 3.52. The molecule has 4 rings (SSSR count). The van der Waals surface area contributed by atoms with Gasteiger partial charge in [0.2, 0.25) is 0 Å². The Balaban J connectivity index is 1.65. The van der Waals surface area contributed by atoms with E-state index in [9.17, 15) is 10.1 Å². The lowest BCUT2D eigenvalue weighted by atomic mass is 9.72. The lowest BCUT2D eigenvalue weighted by Crippen LogP contribution is -2.26. The smallest absolute Gasteiger partial charge is 0.268 e. The molecule has 1 amide bonds. The van der Waals surface area contributed by atoms with Crippen LogP contribution in [-0.4, -0.2) is 10.9 Å². The number of aromatic nitrogens is 1. The first kappa shape index (κ1) is 19.9. The molecular formula is C22H24N4OS2. The highest BCUT2D eigenvalue weighted by Crippen LogP contribution is 2.44. The third-order valence-corrected chi connectivity index (χ3v) is 8.05. The maximum atomic E-state index is 13.0. The summed E-state index contributed by atoms with van der Waals surface area (Å²) < 4.78 is 0. The molecule has 3 aromatic rings. The van der Waals surface area contributed by atoms with Crippen molar-refractivity contribution in [3.05, 3.63) is 38.7 Å². The Hall–Kier alpha value is -2.43. The van der Waals surface area contributed by atoms with Crippen LogP contribution in [0.2, 0.25) is 0 Å². The SMILES string of the molecule is Cc1ccc2c(N)c(C(=O)Nc3sc4c(c3C#N)CCC(C(C)(C)C)C4)sc2n1. The number of rotatable bonds is 2. The van der Waals surface area contributed by atoms with E-state index in [1.54, 1.807) is 0 Å². The molecule has 0 aromatic carbocycles. The molecule has 0 saturated carbocycles. The van der Waals surface area contributed by atoms with Gasteiger partial charge in [-0.3, -0.25) is 4.79 Å². The minimum Gasteiger partial charge on any atom is -0.397 e. The minimum absolute atomic E-state index is 0.231. The van der Waals surface area contributed by atoms with Gasteiger partial charge in [-0.05, 0) is 55.2 Å². The summed E-state index contributed by atoms with van der Waals surface area (Å²) in [6.07, 6.45) is 2.92. The van der Waals surface area contributed by atoms with Crippen LogP contribution in [-0.2, 0) is 12.8 Å². The fourth-order valence-corrected chi connectivity index (χ4v) is 6.26. The van der Waals surface area contributed by atoms with Crippen LogP contribution in [0.3, 0.4) is 0 Å². The molecule has 0 saturated heterocycles. The van der Waals surface area contributed by atoms with Gasteiger partial charge in [0.05, 0.1) is 11.3 Å². The van der Waals surface area contributed by atoms with Crippen molar-refractivity contribution in [2.24, 2.45) is 11.3 Å². The lowest BCUT2D eigenvalue weighted by Gasteiger charge is -2.33. The van der Waals surface area contributed by atoms with Crippen LogP contribution in [0.5, 0.6) is 0 Å². The zero-order valence-corrected chi connectivity index (χ0v) is 18.7. The Kier molecular flexibility index (Phi) is 4.88. The topological polar surface area (TPSA) is 91.8 Å². The van der Waals surface area contributed by atoms with E-state index in [4.69, 9.17) is 5.73 Å². The number of nitriles is 1. The molecule has 3 N–H and O–H groups in total. The van der Waals surface area contributed by atoms with Gasteiger partial charge < -0.3 is 11.1 Å². The van der Waals surface area contributed by atoms with Crippen LogP contribution in [0.25, 0.3) is 10.2 Å². The van der Waals surface area contributed by atoms with Crippen LogP contribution in [0.4, 0.5) is 10.7 Å². The predicted molar refractivity (Wildman–Crippen MR) is 121 cm³/mol. The van der Waals surface area contributed by atoms with Crippen LogP contribution in [0.1, 0.15) is 58.6 Å². The maximum Gasteiger partial charge on any atom is 0.268 e. The second kappa shape index (κ2) is 7.12. The number of nitrogens with two attached hydrogens (primary N) is 1. The summed E-state index contributed by atoms with van der Waals surface area (Å²) in [4.78, 5) is 19.9. The van der Waals surface area contributed by atoms with Crippen LogP contribution >= 0.6 is 22.7 Å². The van der Waals surface area contributed by atoms with Gasteiger partial charge >= 0.3 is 0 Å². The van der Waals surface area contributed by atoms with E-state index < -0.39 is 0 Å². The van der Waals surface area contributed by atoms with Crippen molar-refractivity contribution in [3.63, 3.8) is 0 Å². The number of thiophene rings is 2. The Morgan fingerprint density at radius 3 is 2.79 bits per heavy atom. The number of aryl methyl sites for hydroxylation is 1. The molecular weight excluding hydrogens is 400 g/mol. The fourth-order valence-electron chi connectivity index (χ4n) is 3.95. The first-order chi connectivity index (χ1) is 13.7. The van der Waals surface area contributed by atoms with Gasteiger partial charge in [0, 0.05) is 16.0 Å².